The fourth-order valence-electron chi connectivity index (χ4n) is 3.71. The van der Waals surface area contributed by atoms with Crippen molar-refractivity contribution in [2.24, 2.45) is 0 Å². The quantitative estimate of drug-likeness (QED) is 0.709. The Balaban J connectivity index is 1.48. The van der Waals surface area contributed by atoms with Crippen molar-refractivity contribution in [3.63, 3.8) is 0 Å². The van der Waals surface area contributed by atoms with Crippen LogP contribution in [0.15, 0.2) is 48.5 Å². The summed E-state index contributed by atoms with van der Waals surface area (Å²) >= 11 is 1.58. The van der Waals surface area contributed by atoms with E-state index in [1.54, 1.807) is 11.3 Å². The van der Waals surface area contributed by atoms with Crippen LogP contribution < -0.4 is 5.32 Å². The molecule has 2 aromatic carbocycles. The average molecular weight is 365 g/mol. The van der Waals surface area contributed by atoms with Crippen molar-refractivity contribution in [2.45, 2.75) is 32.9 Å². The lowest BCUT2D eigenvalue weighted by Gasteiger charge is -2.17. The van der Waals surface area contributed by atoms with Crippen LogP contribution >= 0.6 is 11.3 Å². The maximum absolute atomic E-state index is 12.8. The molecule has 0 bridgehead atoms. The van der Waals surface area contributed by atoms with Crippen molar-refractivity contribution < 1.29 is 4.79 Å². The Morgan fingerprint density at radius 1 is 1.04 bits per heavy atom. The molecule has 4 heteroatoms. The number of carbonyl (C=O) groups is 1. The molecule has 0 atom stereocenters. The molecule has 1 fully saturated rings. The first-order valence-corrected chi connectivity index (χ1v) is 10.1. The van der Waals surface area contributed by atoms with Crippen LogP contribution in [0.5, 0.6) is 0 Å². The van der Waals surface area contributed by atoms with E-state index in [0.29, 0.717) is 6.54 Å². The van der Waals surface area contributed by atoms with E-state index in [4.69, 9.17) is 0 Å². The van der Waals surface area contributed by atoms with Gasteiger partial charge >= 0.3 is 0 Å². The molecule has 134 valence electrons. The topological polar surface area (TPSA) is 32.3 Å². The minimum Gasteiger partial charge on any atom is -0.347 e. The van der Waals surface area contributed by atoms with E-state index in [1.165, 1.54) is 47.1 Å². The van der Waals surface area contributed by atoms with Gasteiger partial charge in [-0.1, -0.05) is 42.5 Å². The maximum atomic E-state index is 12.8. The number of hydrogen-bond acceptors (Lipinski definition) is 3. The smallest absolute Gasteiger partial charge is 0.261 e. The summed E-state index contributed by atoms with van der Waals surface area (Å²) in [5, 5.41) is 4.31. The Bertz CT molecular complexity index is 925. The lowest BCUT2D eigenvalue weighted by atomic mass is 10.1. The molecular formula is C22H24N2OS. The zero-order valence-corrected chi connectivity index (χ0v) is 15.9. The highest BCUT2D eigenvalue weighted by Crippen LogP contribution is 2.30. The minimum absolute atomic E-state index is 0.0275. The van der Waals surface area contributed by atoms with Crippen LogP contribution in [0, 0.1) is 6.92 Å². The third kappa shape index (κ3) is 3.53. The normalized spacial score (nSPS) is 14.8. The molecular weight excluding hydrogens is 340 g/mol. The summed E-state index contributed by atoms with van der Waals surface area (Å²) < 4.78 is 1.17. The van der Waals surface area contributed by atoms with Gasteiger partial charge in [0, 0.05) is 17.8 Å². The first-order valence-electron chi connectivity index (χ1n) is 9.28. The van der Waals surface area contributed by atoms with Crippen molar-refractivity contribution in [3.8, 4) is 0 Å². The Kier molecular flexibility index (Phi) is 5.05. The van der Waals surface area contributed by atoms with E-state index in [2.05, 4.69) is 46.6 Å². The Labute approximate surface area is 158 Å². The average Bonchev–Trinajstić information content (AvgIpc) is 3.29. The molecule has 0 radical (unpaired) electrons. The highest BCUT2D eigenvalue weighted by Gasteiger charge is 2.16. The molecule has 1 N–H and O–H groups in total. The van der Waals surface area contributed by atoms with Crippen molar-refractivity contribution in [2.75, 3.05) is 13.1 Å². The van der Waals surface area contributed by atoms with Gasteiger partial charge in [-0.05, 0) is 61.0 Å². The fraction of sp³-hybridized carbons (Fsp3) is 0.318. The molecule has 26 heavy (non-hydrogen) atoms. The molecule has 0 aliphatic carbocycles. The van der Waals surface area contributed by atoms with Gasteiger partial charge in [-0.15, -0.1) is 11.3 Å². The van der Waals surface area contributed by atoms with Gasteiger partial charge in [-0.2, -0.15) is 0 Å². The number of aryl methyl sites for hydroxylation is 1. The lowest BCUT2D eigenvalue weighted by molar-refractivity contribution is 0.0954. The van der Waals surface area contributed by atoms with Crippen LogP contribution in [0.25, 0.3) is 10.1 Å². The molecule has 1 aromatic heterocycles. The number of rotatable bonds is 5. The molecule has 0 spiro atoms. The molecule has 1 amide bonds. The van der Waals surface area contributed by atoms with E-state index < -0.39 is 0 Å². The van der Waals surface area contributed by atoms with E-state index in [-0.39, 0.29) is 5.91 Å². The van der Waals surface area contributed by atoms with Crippen LogP contribution in [-0.2, 0) is 13.1 Å². The third-order valence-corrected chi connectivity index (χ3v) is 6.47. The summed E-state index contributed by atoms with van der Waals surface area (Å²) in [6.45, 7) is 5.96. The summed E-state index contributed by atoms with van der Waals surface area (Å²) in [7, 11) is 0. The summed E-state index contributed by atoms with van der Waals surface area (Å²) in [5.74, 6) is 0.0275. The number of likely N-dealkylation sites (tertiary alicyclic amines) is 1. The molecule has 0 unspecified atom stereocenters. The number of carbonyl (C=O) groups excluding carboxylic acids is 1. The molecule has 3 aromatic rings. The number of nitrogens with zero attached hydrogens (tertiary/aromatic N) is 1. The Morgan fingerprint density at radius 2 is 1.73 bits per heavy atom. The number of benzene rings is 2. The molecule has 3 nitrogen and oxygen atoms in total. The predicted molar refractivity (Wildman–Crippen MR) is 109 cm³/mol. The lowest BCUT2D eigenvalue weighted by Crippen LogP contribution is -2.24. The Morgan fingerprint density at radius 3 is 2.50 bits per heavy atom. The first-order chi connectivity index (χ1) is 12.7. The third-order valence-electron chi connectivity index (χ3n) is 5.20. The number of nitrogens with one attached hydrogen (secondary N) is 1. The molecule has 2 heterocycles. The van der Waals surface area contributed by atoms with Crippen LogP contribution in [0.4, 0.5) is 0 Å². The second-order valence-corrected chi connectivity index (χ2v) is 8.04. The van der Waals surface area contributed by atoms with Crippen LogP contribution in [0.2, 0.25) is 0 Å². The highest BCUT2D eigenvalue weighted by atomic mass is 32.1. The highest BCUT2D eigenvalue weighted by molar-refractivity contribution is 7.21. The maximum Gasteiger partial charge on any atom is 0.261 e. The summed E-state index contributed by atoms with van der Waals surface area (Å²) in [6.07, 6.45) is 2.59. The van der Waals surface area contributed by atoms with Crippen molar-refractivity contribution in [1.29, 1.82) is 0 Å². The summed E-state index contributed by atoms with van der Waals surface area (Å²) in [4.78, 5) is 16.1. The number of hydrogen-bond donors (Lipinski definition) is 1. The number of fused-ring (bicyclic) bond motifs is 1. The summed E-state index contributed by atoms with van der Waals surface area (Å²) in [6, 6.07) is 16.7. The zero-order valence-electron chi connectivity index (χ0n) is 15.1. The van der Waals surface area contributed by atoms with Gasteiger partial charge in [-0.3, -0.25) is 9.69 Å². The second kappa shape index (κ2) is 7.60. The first kappa shape index (κ1) is 17.3. The SMILES string of the molecule is Cc1c(C(=O)NCc2ccccc2CN2CCCC2)sc2ccccc12. The van der Waals surface area contributed by atoms with E-state index >= 15 is 0 Å². The molecule has 0 saturated carbocycles. The van der Waals surface area contributed by atoms with E-state index in [9.17, 15) is 4.79 Å². The van der Waals surface area contributed by atoms with Crippen molar-refractivity contribution in [3.05, 3.63) is 70.1 Å². The fourth-order valence-corrected chi connectivity index (χ4v) is 4.84. The standard InChI is InChI=1S/C22H24N2OS/c1-16-19-10-4-5-11-20(19)26-21(16)22(25)23-14-17-8-2-3-9-18(17)15-24-12-6-7-13-24/h2-5,8-11H,6-7,12-15H2,1H3,(H,23,25). The van der Waals surface area contributed by atoms with Gasteiger partial charge < -0.3 is 5.32 Å². The Hall–Kier alpha value is -2.17. The van der Waals surface area contributed by atoms with Crippen LogP contribution in [-0.4, -0.2) is 23.9 Å². The molecule has 4 rings (SSSR count). The van der Waals surface area contributed by atoms with E-state index in [0.717, 1.165) is 17.0 Å². The van der Waals surface area contributed by atoms with Crippen LogP contribution in [0.1, 0.15) is 39.2 Å². The second-order valence-electron chi connectivity index (χ2n) is 6.99. The van der Waals surface area contributed by atoms with Crippen molar-refractivity contribution in [1.82, 2.24) is 10.2 Å². The van der Waals surface area contributed by atoms with Crippen LogP contribution in [0.3, 0.4) is 0 Å². The monoisotopic (exact) mass is 364 g/mol. The summed E-state index contributed by atoms with van der Waals surface area (Å²) in [5.41, 5.74) is 3.61. The molecule has 1 aliphatic heterocycles. The largest absolute Gasteiger partial charge is 0.347 e. The van der Waals surface area contributed by atoms with Gasteiger partial charge in [0.25, 0.3) is 5.91 Å². The van der Waals surface area contributed by atoms with Crippen molar-refractivity contribution >= 4 is 27.3 Å². The number of thiophene rings is 1. The number of amides is 1. The molecule has 1 saturated heterocycles. The van der Waals surface area contributed by atoms with Gasteiger partial charge in [-0.25, -0.2) is 0 Å². The van der Waals surface area contributed by atoms with Gasteiger partial charge in [0.1, 0.15) is 0 Å². The van der Waals surface area contributed by atoms with E-state index in [1.807, 2.05) is 19.1 Å². The zero-order chi connectivity index (χ0) is 17.9. The van der Waals surface area contributed by atoms with Gasteiger partial charge in [0.15, 0.2) is 0 Å². The minimum atomic E-state index is 0.0275. The predicted octanol–water partition coefficient (Wildman–Crippen LogP) is 4.74. The van der Waals surface area contributed by atoms with Gasteiger partial charge in [0.2, 0.25) is 0 Å². The molecule has 1 aliphatic rings. The van der Waals surface area contributed by atoms with Gasteiger partial charge in [0.05, 0.1) is 4.88 Å².